The Morgan fingerprint density at radius 2 is 1.81 bits per heavy atom. The van der Waals surface area contributed by atoms with Crippen LogP contribution in [0.15, 0.2) is 0 Å². The van der Waals surface area contributed by atoms with Gasteiger partial charge in [0, 0.05) is 0 Å². The van der Waals surface area contributed by atoms with E-state index >= 15 is 0 Å². The van der Waals surface area contributed by atoms with Gasteiger partial charge in [-0.15, -0.1) is 0 Å². The van der Waals surface area contributed by atoms with Crippen molar-refractivity contribution in [2.45, 2.75) is 36.6 Å². The Hall–Kier alpha value is -0.770. The predicted molar refractivity (Wildman–Crippen MR) is 49.0 cm³/mol. The van der Waals surface area contributed by atoms with Crippen molar-refractivity contribution in [2.24, 2.45) is 5.73 Å². The van der Waals surface area contributed by atoms with Crippen molar-refractivity contribution in [3.63, 3.8) is 0 Å². The maximum absolute atomic E-state index is 10.7. The summed E-state index contributed by atoms with van der Waals surface area (Å²) in [6.07, 6.45) is -9.31. The number of nitrogens with two attached hydrogens (primary N) is 1. The minimum Gasteiger partial charge on any atom is -0.394 e. The number of hydrogen-bond donors (Lipinski definition) is 6. The molecule has 1 aliphatic rings. The summed E-state index contributed by atoms with van der Waals surface area (Å²) in [6, 6.07) is 0. The number of aliphatic hydroxyl groups is 5. The molecule has 1 heterocycles. The Bertz CT molecular complexity index is 259. The molecule has 1 saturated heterocycles. The highest BCUT2D eigenvalue weighted by Gasteiger charge is 2.47. The first-order valence-corrected chi connectivity index (χ1v) is 4.68. The van der Waals surface area contributed by atoms with Crippen molar-refractivity contribution < 1.29 is 35.1 Å². The Balaban J connectivity index is 2.82. The van der Waals surface area contributed by atoms with Crippen LogP contribution in [0.3, 0.4) is 0 Å². The van der Waals surface area contributed by atoms with Gasteiger partial charge in [-0.05, 0) is 0 Å². The maximum atomic E-state index is 10.7. The lowest BCUT2D eigenvalue weighted by Gasteiger charge is -2.41. The van der Waals surface area contributed by atoms with Gasteiger partial charge < -0.3 is 36.0 Å². The van der Waals surface area contributed by atoms with Gasteiger partial charge >= 0.3 is 0 Å². The van der Waals surface area contributed by atoms with E-state index in [1.807, 2.05) is 0 Å². The topological polar surface area (TPSA) is 153 Å². The molecule has 8 nitrogen and oxygen atoms in total. The molecule has 1 rings (SSSR count). The zero-order valence-electron chi connectivity index (χ0n) is 8.30. The molecule has 7 N–H and O–H groups in total. The molecule has 1 unspecified atom stereocenters. The van der Waals surface area contributed by atoms with Crippen LogP contribution in [-0.4, -0.2) is 74.7 Å². The number of primary amides is 1. The van der Waals surface area contributed by atoms with Crippen LogP contribution in [-0.2, 0) is 9.53 Å². The fourth-order valence-corrected chi connectivity index (χ4v) is 1.55. The molecule has 0 aromatic rings. The second kappa shape index (κ2) is 5.04. The number of carbonyl (C=O) groups excluding carboxylic acids is 1. The SMILES string of the molecule is NC(=O)C(O)[C@@H]1O[C@H](CO)[C@@H](O)[C@H](O)[C@H]1O. The fraction of sp³-hybridized carbons (Fsp3) is 0.875. The third kappa shape index (κ3) is 2.32. The maximum Gasteiger partial charge on any atom is 0.249 e. The molecule has 0 aromatic carbocycles. The van der Waals surface area contributed by atoms with Crippen molar-refractivity contribution in [1.82, 2.24) is 0 Å². The Morgan fingerprint density at radius 3 is 2.25 bits per heavy atom. The molecule has 1 amide bonds. The van der Waals surface area contributed by atoms with E-state index in [9.17, 15) is 25.2 Å². The third-order valence-corrected chi connectivity index (χ3v) is 2.53. The van der Waals surface area contributed by atoms with E-state index in [0.29, 0.717) is 0 Å². The summed E-state index contributed by atoms with van der Waals surface area (Å²) < 4.78 is 4.89. The first kappa shape index (κ1) is 13.3. The largest absolute Gasteiger partial charge is 0.394 e. The zero-order valence-corrected chi connectivity index (χ0v) is 8.30. The molecule has 6 atom stereocenters. The van der Waals surface area contributed by atoms with Crippen LogP contribution < -0.4 is 5.73 Å². The molecule has 8 heteroatoms. The minimum atomic E-state index is -1.83. The van der Waals surface area contributed by atoms with Crippen LogP contribution in [0, 0.1) is 0 Å². The van der Waals surface area contributed by atoms with E-state index in [2.05, 4.69) is 0 Å². The summed E-state index contributed by atoms with van der Waals surface area (Å²) in [5.41, 5.74) is 4.81. The molecule has 0 aliphatic carbocycles. The number of aliphatic hydroxyl groups excluding tert-OH is 5. The van der Waals surface area contributed by atoms with Gasteiger partial charge in [0.1, 0.15) is 30.5 Å². The molecule has 0 radical (unpaired) electrons. The van der Waals surface area contributed by atoms with Gasteiger partial charge in [-0.3, -0.25) is 4.79 Å². The van der Waals surface area contributed by atoms with Crippen molar-refractivity contribution >= 4 is 5.91 Å². The third-order valence-electron chi connectivity index (χ3n) is 2.53. The van der Waals surface area contributed by atoms with Crippen LogP contribution in [0.5, 0.6) is 0 Å². The summed E-state index contributed by atoms with van der Waals surface area (Å²) in [6.45, 7) is -0.632. The van der Waals surface area contributed by atoms with Gasteiger partial charge in [0.2, 0.25) is 5.91 Å². The molecular formula is C8H15NO7. The van der Waals surface area contributed by atoms with Gasteiger partial charge in [0.05, 0.1) is 6.61 Å². The van der Waals surface area contributed by atoms with E-state index in [-0.39, 0.29) is 0 Å². The number of amides is 1. The summed E-state index contributed by atoms with van der Waals surface area (Å²) >= 11 is 0. The van der Waals surface area contributed by atoms with Crippen LogP contribution in [0.4, 0.5) is 0 Å². The van der Waals surface area contributed by atoms with Gasteiger partial charge in [-0.1, -0.05) is 0 Å². The lowest BCUT2D eigenvalue weighted by Crippen LogP contribution is -2.63. The number of ether oxygens (including phenoxy) is 1. The number of rotatable bonds is 3. The van der Waals surface area contributed by atoms with Gasteiger partial charge in [0.25, 0.3) is 0 Å². The predicted octanol–water partition coefficient (Wildman–Crippen LogP) is -4.32. The minimum absolute atomic E-state index is 0.632. The Morgan fingerprint density at radius 1 is 1.25 bits per heavy atom. The average Bonchev–Trinajstić information content (AvgIpc) is 2.25. The molecule has 0 bridgehead atoms. The van der Waals surface area contributed by atoms with Crippen molar-refractivity contribution in [1.29, 1.82) is 0 Å². The van der Waals surface area contributed by atoms with Crippen molar-refractivity contribution in [3.8, 4) is 0 Å². The van der Waals surface area contributed by atoms with Crippen LogP contribution in [0.25, 0.3) is 0 Å². The quantitative estimate of drug-likeness (QED) is 0.290. The molecule has 1 fully saturated rings. The fourth-order valence-electron chi connectivity index (χ4n) is 1.55. The number of carbonyl (C=O) groups is 1. The van der Waals surface area contributed by atoms with E-state index in [0.717, 1.165) is 0 Å². The van der Waals surface area contributed by atoms with E-state index < -0.39 is 49.1 Å². The first-order chi connectivity index (χ1) is 7.40. The molecular weight excluding hydrogens is 222 g/mol. The molecule has 94 valence electrons. The van der Waals surface area contributed by atoms with Gasteiger partial charge in [-0.2, -0.15) is 0 Å². The highest BCUT2D eigenvalue weighted by Crippen LogP contribution is 2.23. The van der Waals surface area contributed by atoms with Gasteiger partial charge in [0.15, 0.2) is 6.10 Å². The molecule has 1 aliphatic heterocycles. The van der Waals surface area contributed by atoms with E-state index in [4.69, 9.17) is 15.6 Å². The lowest BCUT2D eigenvalue weighted by atomic mass is 9.92. The van der Waals surface area contributed by atoms with Crippen molar-refractivity contribution in [2.75, 3.05) is 6.61 Å². The Labute approximate surface area is 90.9 Å². The normalized spacial score (nSPS) is 41.7. The standard InChI is InChI=1S/C8H15NO7/c9-8(15)6(14)7-5(13)4(12)3(11)2(1-10)16-7/h2-7,10-14H,1H2,(H2,9,15)/t2-,3-,4+,5-,6?,7-/m1/s1. The smallest absolute Gasteiger partial charge is 0.249 e. The van der Waals surface area contributed by atoms with Crippen LogP contribution in [0.2, 0.25) is 0 Å². The van der Waals surface area contributed by atoms with Crippen LogP contribution >= 0.6 is 0 Å². The first-order valence-electron chi connectivity index (χ1n) is 4.68. The second-order valence-corrected chi connectivity index (χ2v) is 3.64. The summed E-state index contributed by atoms with van der Waals surface area (Å²) in [4.78, 5) is 10.7. The monoisotopic (exact) mass is 237 g/mol. The highest BCUT2D eigenvalue weighted by atomic mass is 16.6. The summed E-state index contributed by atoms with van der Waals surface area (Å²) in [5, 5.41) is 46.3. The average molecular weight is 237 g/mol. The molecule has 16 heavy (non-hydrogen) atoms. The van der Waals surface area contributed by atoms with Crippen LogP contribution in [0.1, 0.15) is 0 Å². The zero-order chi connectivity index (χ0) is 12.5. The Kier molecular flexibility index (Phi) is 4.19. The summed E-state index contributed by atoms with van der Waals surface area (Å²) in [5.74, 6) is -1.13. The molecule has 0 saturated carbocycles. The van der Waals surface area contributed by atoms with E-state index in [1.165, 1.54) is 0 Å². The van der Waals surface area contributed by atoms with Crippen molar-refractivity contribution in [3.05, 3.63) is 0 Å². The second-order valence-electron chi connectivity index (χ2n) is 3.64. The highest BCUT2D eigenvalue weighted by molar-refractivity contribution is 5.79. The van der Waals surface area contributed by atoms with Gasteiger partial charge in [-0.25, -0.2) is 0 Å². The molecule has 0 spiro atoms. The summed E-state index contributed by atoms with van der Waals surface area (Å²) in [7, 11) is 0. The van der Waals surface area contributed by atoms with E-state index in [1.54, 1.807) is 0 Å². The molecule has 0 aromatic heterocycles. The lowest BCUT2D eigenvalue weighted by molar-refractivity contribution is -0.246. The number of hydrogen-bond acceptors (Lipinski definition) is 7.